The van der Waals surface area contributed by atoms with Crippen LogP contribution in [0.15, 0.2) is 23.8 Å². The summed E-state index contributed by atoms with van der Waals surface area (Å²) in [7, 11) is 0. The lowest BCUT2D eigenvalue weighted by molar-refractivity contribution is -0.141. The molecule has 180 valence electrons. The molecule has 2 heteroatoms. The average Bonchev–Trinajstić information content (AvgIpc) is 2.67. The summed E-state index contributed by atoms with van der Waals surface area (Å²) in [6.45, 7) is 21.7. The second-order valence-electron chi connectivity index (χ2n) is 14.2. The summed E-state index contributed by atoms with van der Waals surface area (Å²) in [4.78, 5) is 11.6. The highest BCUT2D eigenvalue weighted by molar-refractivity contribution is 5.66. The van der Waals surface area contributed by atoms with Gasteiger partial charge >= 0.3 is 5.97 Å². The summed E-state index contributed by atoms with van der Waals surface area (Å²) in [5.41, 5.74) is 4.40. The fraction of sp³-hybridized carbons (Fsp3) is 0.833. The van der Waals surface area contributed by atoms with Gasteiger partial charge in [-0.2, -0.15) is 0 Å². The first-order valence-electron chi connectivity index (χ1n) is 13.3. The largest absolute Gasteiger partial charge is 0.481 e. The molecule has 0 radical (unpaired) electrons. The van der Waals surface area contributed by atoms with E-state index in [9.17, 15) is 9.90 Å². The first kappa shape index (κ1) is 24.1. The van der Waals surface area contributed by atoms with Gasteiger partial charge in [-0.05, 0) is 110 Å². The molecule has 0 aromatic heterocycles. The predicted molar refractivity (Wildman–Crippen MR) is 133 cm³/mol. The van der Waals surface area contributed by atoms with Crippen molar-refractivity contribution < 1.29 is 9.90 Å². The van der Waals surface area contributed by atoms with Crippen LogP contribution in [0.3, 0.4) is 0 Å². The molecule has 32 heavy (non-hydrogen) atoms. The normalized spacial score (nSPS) is 47.5. The standard InChI is InChI=1S/C30H48O2/c1-20(2)21-9-14-29(7)22(28(21,6)16-12-25(31)32)11-15-30(8)23(29)10-13-27(5)18-17-26(3,4)19-24(27)30/h10,21-22,24H,1,9,11-19H2,2-8H3,(H,31,32)/t21-,22-,24+,27-,28-,29+,30+/m0/s1. The van der Waals surface area contributed by atoms with Crippen molar-refractivity contribution in [1.82, 2.24) is 0 Å². The first-order chi connectivity index (χ1) is 14.7. The van der Waals surface area contributed by atoms with Crippen molar-refractivity contribution in [2.75, 3.05) is 0 Å². The highest BCUT2D eigenvalue weighted by Crippen LogP contribution is 2.73. The minimum Gasteiger partial charge on any atom is -0.481 e. The number of carbonyl (C=O) groups is 1. The molecule has 3 fully saturated rings. The minimum atomic E-state index is -0.656. The van der Waals surface area contributed by atoms with E-state index in [4.69, 9.17) is 0 Å². The van der Waals surface area contributed by atoms with Crippen LogP contribution in [0.4, 0.5) is 0 Å². The molecule has 4 rings (SSSR count). The molecule has 4 aliphatic rings. The first-order valence-corrected chi connectivity index (χ1v) is 13.3. The lowest BCUT2D eigenvalue weighted by Gasteiger charge is -2.68. The zero-order valence-corrected chi connectivity index (χ0v) is 21.9. The Morgan fingerprint density at radius 2 is 1.62 bits per heavy atom. The van der Waals surface area contributed by atoms with Crippen LogP contribution in [0.5, 0.6) is 0 Å². The molecule has 7 atom stereocenters. The van der Waals surface area contributed by atoms with Gasteiger partial charge in [0, 0.05) is 6.42 Å². The lowest BCUT2D eigenvalue weighted by Crippen LogP contribution is -2.59. The van der Waals surface area contributed by atoms with Crippen LogP contribution in [-0.2, 0) is 4.79 Å². The molecular weight excluding hydrogens is 392 g/mol. The number of carboxylic acid groups (broad SMARTS) is 1. The van der Waals surface area contributed by atoms with E-state index in [-0.39, 0.29) is 17.3 Å². The van der Waals surface area contributed by atoms with Crippen molar-refractivity contribution in [2.24, 2.45) is 44.8 Å². The van der Waals surface area contributed by atoms with Crippen molar-refractivity contribution >= 4 is 5.97 Å². The second-order valence-corrected chi connectivity index (χ2v) is 14.2. The van der Waals surface area contributed by atoms with Crippen molar-refractivity contribution in [1.29, 1.82) is 0 Å². The van der Waals surface area contributed by atoms with Crippen LogP contribution in [0.2, 0.25) is 0 Å². The van der Waals surface area contributed by atoms with E-state index >= 15 is 0 Å². The number of fused-ring (bicyclic) bond motifs is 5. The number of rotatable bonds is 4. The van der Waals surface area contributed by atoms with Crippen molar-refractivity contribution in [2.45, 2.75) is 113 Å². The molecule has 3 saturated carbocycles. The number of hydrogen-bond donors (Lipinski definition) is 1. The lowest BCUT2D eigenvalue weighted by atomic mass is 9.36. The molecule has 0 heterocycles. The summed E-state index contributed by atoms with van der Waals surface area (Å²) < 4.78 is 0. The predicted octanol–water partition coefficient (Wildman–Crippen LogP) is 8.43. The van der Waals surface area contributed by atoms with Gasteiger partial charge in [-0.3, -0.25) is 4.79 Å². The SMILES string of the molecule is C=C(C)[C@@H]1CC[C@@]2(C)C3=CC[C@@]4(C)CCC(C)(C)C[C@H]4[C@]3(C)CC[C@H]2[C@@]1(C)CCC(=O)O. The maximum absolute atomic E-state index is 11.6. The number of allylic oxidation sites excluding steroid dienone is 3. The molecule has 0 spiro atoms. The van der Waals surface area contributed by atoms with Crippen molar-refractivity contribution in [3.63, 3.8) is 0 Å². The van der Waals surface area contributed by atoms with Gasteiger partial charge in [-0.15, -0.1) is 0 Å². The third-order valence-corrected chi connectivity index (χ3v) is 11.5. The van der Waals surface area contributed by atoms with Crippen LogP contribution < -0.4 is 0 Å². The monoisotopic (exact) mass is 440 g/mol. The fourth-order valence-corrected chi connectivity index (χ4v) is 9.76. The zero-order chi connectivity index (χ0) is 23.7. The number of hydrogen-bond acceptors (Lipinski definition) is 1. The molecule has 0 aliphatic heterocycles. The third-order valence-electron chi connectivity index (χ3n) is 11.5. The smallest absolute Gasteiger partial charge is 0.303 e. The fourth-order valence-electron chi connectivity index (χ4n) is 9.76. The van der Waals surface area contributed by atoms with Gasteiger partial charge in [0.25, 0.3) is 0 Å². The topological polar surface area (TPSA) is 37.3 Å². The summed E-state index contributed by atoms with van der Waals surface area (Å²) in [5.74, 6) is 1.09. The van der Waals surface area contributed by atoms with Gasteiger partial charge in [-0.1, -0.05) is 65.3 Å². The average molecular weight is 441 g/mol. The van der Waals surface area contributed by atoms with E-state index in [1.165, 1.54) is 50.5 Å². The van der Waals surface area contributed by atoms with E-state index in [1.54, 1.807) is 5.57 Å². The molecule has 0 unspecified atom stereocenters. The number of aliphatic carboxylic acids is 1. The van der Waals surface area contributed by atoms with Gasteiger partial charge < -0.3 is 5.11 Å². The van der Waals surface area contributed by atoms with Gasteiger partial charge in [-0.25, -0.2) is 0 Å². The zero-order valence-electron chi connectivity index (χ0n) is 21.9. The van der Waals surface area contributed by atoms with Crippen LogP contribution in [0.1, 0.15) is 113 Å². The molecule has 0 saturated heterocycles. The van der Waals surface area contributed by atoms with E-state index in [0.29, 0.717) is 28.1 Å². The Kier molecular flexibility index (Phi) is 5.63. The van der Waals surface area contributed by atoms with Crippen LogP contribution in [-0.4, -0.2) is 11.1 Å². The van der Waals surface area contributed by atoms with E-state index in [0.717, 1.165) is 18.8 Å². The molecule has 0 bridgehead atoms. The summed E-state index contributed by atoms with van der Waals surface area (Å²) in [6.07, 6.45) is 13.9. The highest BCUT2D eigenvalue weighted by Gasteiger charge is 2.64. The van der Waals surface area contributed by atoms with Crippen molar-refractivity contribution in [3.8, 4) is 0 Å². The Morgan fingerprint density at radius 1 is 1.00 bits per heavy atom. The molecule has 0 aromatic carbocycles. The Balaban J connectivity index is 1.76. The van der Waals surface area contributed by atoms with E-state index in [2.05, 4.69) is 61.1 Å². The maximum atomic E-state index is 11.6. The van der Waals surface area contributed by atoms with Gasteiger partial charge in [0.1, 0.15) is 0 Å². The molecule has 0 aromatic rings. The highest BCUT2D eigenvalue weighted by atomic mass is 16.4. The molecular formula is C30H48O2. The Morgan fingerprint density at radius 3 is 2.25 bits per heavy atom. The number of carboxylic acids is 1. The van der Waals surface area contributed by atoms with Crippen LogP contribution in [0.25, 0.3) is 0 Å². The Labute approximate surface area is 197 Å². The van der Waals surface area contributed by atoms with E-state index in [1.807, 2.05) is 0 Å². The maximum Gasteiger partial charge on any atom is 0.303 e. The quantitative estimate of drug-likeness (QED) is 0.445. The molecule has 2 nitrogen and oxygen atoms in total. The Hall–Kier alpha value is -1.05. The van der Waals surface area contributed by atoms with Crippen LogP contribution >= 0.6 is 0 Å². The van der Waals surface area contributed by atoms with Crippen LogP contribution in [0, 0.1) is 44.8 Å². The molecule has 1 N–H and O–H groups in total. The van der Waals surface area contributed by atoms with Crippen molar-refractivity contribution in [3.05, 3.63) is 23.8 Å². The summed E-state index contributed by atoms with van der Waals surface area (Å²) >= 11 is 0. The van der Waals surface area contributed by atoms with Gasteiger partial charge in [0.15, 0.2) is 0 Å². The Bertz CT molecular complexity index is 836. The van der Waals surface area contributed by atoms with Gasteiger partial charge in [0.2, 0.25) is 0 Å². The summed E-state index contributed by atoms with van der Waals surface area (Å²) in [5, 5.41) is 9.55. The molecule has 0 amide bonds. The third kappa shape index (κ3) is 3.45. The second kappa shape index (κ2) is 7.47. The van der Waals surface area contributed by atoms with E-state index < -0.39 is 5.97 Å². The minimum absolute atomic E-state index is 0.0198. The summed E-state index contributed by atoms with van der Waals surface area (Å²) in [6, 6.07) is 0. The molecule has 4 aliphatic carbocycles. The van der Waals surface area contributed by atoms with Gasteiger partial charge in [0.05, 0.1) is 0 Å².